The van der Waals surface area contributed by atoms with Crippen LogP contribution >= 0.6 is 0 Å². The summed E-state index contributed by atoms with van der Waals surface area (Å²) in [6.45, 7) is 4.31. The van der Waals surface area contributed by atoms with Crippen molar-refractivity contribution in [3.63, 3.8) is 0 Å². The molecule has 16 heavy (non-hydrogen) atoms. The third-order valence-corrected chi connectivity index (χ3v) is 3.47. The lowest BCUT2D eigenvalue weighted by Crippen LogP contribution is -2.57. The van der Waals surface area contributed by atoms with E-state index in [1.165, 1.54) is 6.07 Å². The maximum absolute atomic E-state index is 11.1. The van der Waals surface area contributed by atoms with Crippen LogP contribution in [-0.4, -0.2) is 29.5 Å². The lowest BCUT2D eigenvalue weighted by atomic mass is 9.64. The number of ether oxygens (including phenoxy) is 1. The van der Waals surface area contributed by atoms with Gasteiger partial charge >= 0.3 is 0 Å². The van der Waals surface area contributed by atoms with E-state index in [-0.39, 0.29) is 17.1 Å². The fourth-order valence-electron chi connectivity index (χ4n) is 2.19. The zero-order chi connectivity index (χ0) is 11.8. The van der Waals surface area contributed by atoms with Gasteiger partial charge in [0, 0.05) is 24.6 Å². The Morgan fingerprint density at radius 3 is 2.94 bits per heavy atom. The summed E-state index contributed by atoms with van der Waals surface area (Å²) in [6.07, 6.45) is 2.86. The minimum atomic E-state index is -0.189. The van der Waals surface area contributed by atoms with Crippen molar-refractivity contribution in [1.29, 1.82) is 0 Å². The third-order valence-electron chi connectivity index (χ3n) is 3.47. The molecule has 0 spiro atoms. The van der Waals surface area contributed by atoms with E-state index in [1.807, 2.05) is 0 Å². The Morgan fingerprint density at radius 2 is 2.38 bits per heavy atom. The fourth-order valence-corrected chi connectivity index (χ4v) is 2.19. The van der Waals surface area contributed by atoms with Gasteiger partial charge in [-0.15, -0.1) is 0 Å². The number of aromatic amines is 1. The third kappa shape index (κ3) is 1.82. The summed E-state index contributed by atoms with van der Waals surface area (Å²) in [7, 11) is 1.73. The Balaban J connectivity index is 2.05. The SMILES string of the molecule is COC1CC(Nc2cn[nH]c(=O)c2)C1(C)C. The predicted molar refractivity (Wildman–Crippen MR) is 61.5 cm³/mol. The molecule has 1 saturated carbocycles. The van der Waals surface area contributed by atoms with E-state index in [2.05, 4.69) is 29.4 Å². The predicted octanol–water partition coefficient (Wildman–Crippen LogP) is 0.995. The number of rotatable bonds is 3. The van der Waals surface area contributed by atoms with E-state index in [4.69, 9.17) is 4.74 Å². The second-order valence-corrected chi connectivity index (χ2v) is 4.81. The van der Waals surface area contributed by atoms with Crippen LogP contribution < -0.4 is 10.9 Å². The summed E-state index contributed by atoms with van der Waals surface area (Å²) in [5.74, 6) is 0. The molecule has 1 aliphatic carbocycles. The summed E-state index contributed by atoms with van der Waals surface area (Å²) in [5, 5.41) is 9.41. The molecular weight excluding hydrogens is 206 g/mol. The summed E-state index contributed by atoms with van der Waals surface area (Å²) < 4.78 is 5.37. The van der Waals surface area contributed by atoms with E-state index in [0.29, 0.717) is 6.04 Å². The molecule has 0 bridgehead atoms. The average molecular weight is 223 g/mol. The van der Waals surface area contributed by atoms with Gasteiger partial charge in [-0.3, -0.25) is 4.79 Å². The number of H-pyrrole nitrogens is 1. The quantitative estimate of drug-likeness (QED) is 0.802. The second-order valence-electron chi connectivity index (χ2n) is 4.81. The van der Waals surface area contributed by atoms with Gasteiger partial charge in [-0.2, -0.15) is 5.10 Å². The van der Waals surface area contributed by atoms with Crippen LogP contribution in [0.5, 0.6) is 0 Å². The first kappa shape index (κ1) is 11.1. The van der Waals surface area contributed by atoms with Gasteiger partial charge in [0.25, 0.3) is 5.56 Å². The molecule has 0 aliphatic heterocycles. The molecule has 2 unspecified atom stereocenters. The highest BCUT2D eigenvalue weighted by Gasteiger charge is 2.48. The van der Waals surface area contributed by atoms with Gasteiger partial charge in [0.2, 0.25) is 0 Å². The van der Waals surface area contributed by atoms with Crippen LogP contribution in [0, 0.1) is 5.41 Å². The van der Waals surface area contributed by atoms with Crippen molar-refractivity contribution in [2.24, 2.45) is 5.41 Å². The minimum absolute atomic E-state index is 0.0807. The zero-order valence-electron chi connectivity index (χ0n) is 9.78. The molecule has 0 aromatic carbocycles. The molecule has 1 aromatic heterocycles. The van der Waals surface area contributed by atoms with Crippen molar-refractivity contribution < 1.29 is 4.74 Å². The summed E-state index contributed by atoms with van der Waals surface area (Å²) in [4.78, 5) is 11.1. The molecule has 5 nitrogen and oxygen atoms in total. The van der Waals surface area contributed by atoms with E-state index >= 15 is 0 Å². The van der Waals surface area contributed by atoms with Gasteiger partial charge in [-0.1, -0.05) is 13.8 Å². The summed E-state index contributed by atoms with van der Waals surface area (Å²) in [5.41, 5.74) is 0.652. The summed E-state index contributed by atoms with van der Waals surface area (Å²) in [6, 6.07) is 1.84. The molecule has 0 amide bonds. The number of hydrogen-bond acceptors (Lipinski definition) is 4. The van der Waals surface area contributed by atoms with Crippen molar-refractivity contribution >= 4 is 5.69 Å². The molecule has 5 heteroatoms. The van der Waals surface area contributed by atoms with Gasteiger partial charge in [-0.05, 0) is 6.42 Å². The van der Waals surface area contributed by atoms with Crippen LogP contribution in [0.3, 0.4) is 0 Å². The molecule has 2 rings (SSSR count). The Morgan fingerprint density at radius 1 is 1.62 bits per heavy atom. The van der Waals surface area contributed by atoms with Crippen LogP contribution in [0.25, 0.3) is 0 Å². The first-order valence-corrected chi connectivity index (χ1v) is 5.38. The molecule has 1 aliphatic rings. The van der Waals surface area contributed by atoms with Crippen LogP contribution in [0.2, 0.25) is 0 Å². The molecular formula is C11H17N3O2. The average Bonchev–Trinajstić information content (AvgIpc) is 2.23. The topological polar surface area (TPSA) is 67.0 Å². The van der Waals surface area contributed by atoms with E-state index in [1.54, 1.807) is 13.3 Å². The number of aromatic nitrogens is 2. The van der Waals surface area contributed by atoms with Crippen LogP contribution in [-0.2, 0) is 4.74 Å². The molecule has 1 aromatic rings. The largest absolute Gasteiger partial charge is 0.381 e. The molecule has 88 valence electrons. The van der Waals surface area contributed by atoms with Gasteiger partial charge in [-0.25, -0.2) is 5.10 Å². The van der Waals surface area contributed by atoms with Gasteiger partial charge in [0.15, 0.2) is 0 Å². The molecule has 0 radical (unpaired) electrons. The molecule has 2 N–H and O–H groups in total. The van der Waals surface area contributed by atoms with Crippen molar-refractivity contribution in [1.82, 2.24) is 10.2 Å². The van der Waals surface area contributed by atoms with Crippen LogP contribution in [0.15, 0.2) is 17.1 Å². The normalized spacial score (nSPS) is 27.2. The number of methoxy groups -OCH3 is 1. The number of hydrogen-bond donors (Lipinski definition) is 2. The highest BCUT2D eigenvalue weighted by Crippen LogP contribution is 2.43. The van der Waals surface area contributed by atoms with Gasteiger partial charge < -0.3 is 10.1 Å². The Labute approximate surface area is 94.2 Å². The first-order chi connectivity index (χ1) is 7.54. The number of nitrogens with one attached hydrogen (secondary N) is 2. The Bertz CT molecular complexity index is 427. The van der Waals surface area contributed by atoms with Crippen LogP contribution in [0.4, 0.5) is 5.69 Å². The van der Waals surface area contributed by atoms with Gasteiger partial charge in [0.05, 0.1) is 18.0 Å². The van der Waals surface area contributed by atoms with E-state index in [9.17, 15) is 4.79 Å². The number of anilines is 1. The molecule has 1 heterocycles. The minimum Gasteiger partial charge on any atom is -0.381 e. The van der Waals surface area contributed by atoms with Gasteiger partial charge in [0.1, 0.15) is 0 Å². The fraction of sp³-hybridized carbons (Fsp3) is 0.636. The second kappa shape index (κ2) is 3.90. The Kier molecular flexibility index (Phi) is 2.71. The Hall–Kier alpha value is -1.36. The van der Waals surface area contributed by atoms with E-state index < -0.39 is 0 Å². The smallest absolute Gasteiger partial charge is 0.266 e. The monoisotopic (exact) mass is 223 g/mol. The lowest BCUT2D eigenvalue weighted by molar-refractivity contribution is -0.0794. The highest BCUT2D eigenvalue weighted by atomic mass is 16.5. The van der Waals surface area contributed by atoms with Crippen molar-refractivity contribution in [3.8, 4) is 0 Å². The van der Waals surface area contributed by atoms with Crippen molar-refractivity contribution in [3.05, 3.63) is 22.6 Å². The maximum atomic E-state index is 11.1. The molecule has 0 saturated heterocycles. The number of nitrogens with zero attached hydrogens (tertiary/aromatic N) is 1. The molecule has 1 fully saturated rings. The van der Waals surface area contributed by atoms with Crippen molar-refractivity contribution in [2.75, 3.05) is 12.4 Å². The zero-order valence-corrected chi connectivity index (χ0v) is 9.78. The highest BCUT2D eigenvalue weighted by molar-refractivity contribution is 5.41. The van der Waals surface area contributed by atoms with Crippen LogP contribution in [0.1, 0.15) is 20.3 Å². The lowest BCUT2D eigenvalue weighted by Gasteiger charge is -2.51. The van der Waals surface area contributed by atoms with Crippen molar-refractivity contribution in [2.45, 2.75) is 32.4 Å². The van der Waals surface area contributed by atoms with E-state index in [0.717, 1.165) is 12.1 Å². The standard InChI is InChI=1S/C11H17N3O2/c1-11(2)8(5-9(11)16-3)13-7-4-10(15)14-12-6-7/h4,6,8-9H,5H2,1-3H3,(H2,13,14,15). The maximum Gasteiger partial charge on any atom is 0.266 e. The summed E-state index contributed by atoms with van der Waals surface area (Å²) >= 11 is 0. The molecule has 2 atom stereocenters. The first-order valence-electron chi connectivity index (χ1n) is 5.38.